The Morgan fingerprint density at radius 2 is 1.74 bits per heavy atom. The Bertz CT molecular complexity index is 772. The van der Waals surface area contributed by atoms with Crippen LogP contribution in [0, 0.1) is 0 Å². The number of carbonyl (C=O) groups is 1. The maximum Gasteiger partial charge on any atom is 0.316 e. The molecule has 6 heteroatoms. The summed E-state index contributed by atoms with van der Waals surface area (Å²) in [4.78, 5) is 16.1. The number of carbonyl (C=O) groups excluding carboxylic acids is 1. The molecule has 0 aliphatic heterocycles. The van der Waals surface area contributed by atoms with Gasteiger partial charge in [0.25, 0.3) is 0 Å². The lowest BCUT2D eigenvalue weighted by Crippen LogP contribution is -2.28. The molecule has 2 N–H and O–H groups in total. The van der Waals surface area contributed by atoms with Crippen molar-refractivity contribution in [3.05, 3.63) is 72.1 Å². The van der Waals surface area contributed by atoms with Gasteiger partial charge in [-0.15, -0.1) is 0 Å². The Balaban J connectivity index is 1.62. The number of hydrogen-bond acceptors (Lipinski definition) is 5. The molecule has 3 aromatic rings. The predicted molar refractivity (Wildman–Crippen MR) is 83.5 cm³/mol. The molecule has 0 aliphatic rings. The van der Waals surface area contributed by atoms with Crippen LogP contribution in [0.25, 0.3) is 11.4 Å². The second-order valence-corrected chi connectivity index (χ2v) is 4.93. The zero-order valence-corrected chi connectivity index (χ0v) is 12.2. The minimum Gasteiger partial charge on any atom is -0.387 e. The van der Waals surface area contributed by atoms with Crippen LogP contribution in [0.4, 0.5) is 0 Å². The Morgan fingerprint density at radius 1 is 1.09 bits per heavy atom. The molecule has 1 heterocycles. The summed E-state index contributed by atoms with van der Waals surface area (Å²) in [6.07, 6.45) is -0.795. The quantitative estimate of drug-likeness (QED) is 0.754. The molecule has 1 atom stereocenters. The summed E-state index contributed by atoms with van der Waals surface area (Å²) in [5.74, 6) is -0.307. The van der Waals surface area contributed by atoms with E-state index in [1.165, 1.54) is 0 Å². The summed E-state index contributed by atoms with van der Waals surface area (Å²) in [6, 6.07) is 18.3. The molecule has 1 amide bonds. The molecule has 0 aliphatic carbocycles. The summed E-state index contributed by atoms with van der Waals surface area (Å²) >= 11 is 0. The molecule has 116 valence electrons. The van der Waals surface area contributed by atoms with Gasteiger partial charge >= 0.3 is 11.8 Å². The van der Waals surface area contributed by atoms with Crippen molar-refractivity contribution >= 4 is 5.91 Å². The summed E-state index contributed by atoms with van der Waals surface area (Å²) in [5, 5.41) is 16.4. The van der Waals surface area contributed by atoms with Crippen LogP contribution < -0.4 is 5.32 Å². The minimum atomic E-state index is -0.795. The van der Waals surface area contributed by atoms with Crippen molar-refractivity contribution in [2.24, 2.45) is 0 Å². The van der Waals surface area contributed by atoms with Gasteiger partial charge in [0.1, 0.15) is 0 Å². The van der Waals surface area contributed by atoms with E-state index >= 15 is 0 Å². The summed E-state index contributed by atoms with van der Waals surface area (Å²) in [7, 11) is 0. The number of nitrogens with one attached hydrogen (secondary N) is 1. The number of aliphatic hydroxyl groups excluding tert-OH is 1. The third kappa shape index (κ3) is 3.61. The summed E-state index contributed by atoms with van der Waals surface area (Å²) in [6.45, 7) is 0.0614. The standard InChI is InChI=1S/C17H15N3O3/c21-14(12-7-3-1-4-8-12)11-18-16(22)17-19-15(20-23-17)13-9-5-2-6-10-13/h1-10,14,21H,11H2,(H,18,22). The van der Waals surface area contributed by atoms with Gasteiger partial charge in [-0.2, -0.15) is 4.98 Å². The van der Waals surface area contributed by atoms with E-state index in [2.05, 4.69) is 15.5 Å². The second kappa shape index (κ2) is 6.85. The highest BCUT2D eigenvalue weighted by molar-refractivity contribution is 5.89. The van der Waals surface area contributed by atoms with E-state index in [1.54, 1.807) is 12.1 Å². The fraction of sp³-hybridized carbons (Fsp3) is 0.118. The number of nitrogens with zero attached hydrogens (tertiary/aromatic N) is 2. The largest absolute Gasteiger partial charge is 0.387 e. The van der Waals surface area contributed by atoms with Crippen molar-refractivity contribution in [2.45, 2.75) is 6.10 Å². The van der Waals surface area contributed by atoms with Gasteiger partial charge in [0, 0.05) is 12.1 Å². The molecule has 1 aromatic heterocycles. The van der Waals surface area contributed by atoms with E-state index in [0.717, 1.165) is 11.1 Å². The van der Waals surface area contributed by atoms with E-state index in [0.29, 0.717) is 5.82 Å². The molecule has 23 heavy (non-hydrogen) atoms. The average Bonchev–Trinajstić information content (AvgIpc) is 3.11. The monoisotopic (exact) mass is 309 g/mol. The molecule has 0 bridgehead atoms. The summed E-state index contributed by atoms with van der Waals surface area (Å²) < 4.78 is 4.96. The van der Waals surface area contributed by atoms with Gasteiger partial charge < -0.3 is 14.9 Å². The van der Waals surface area contributed by atoms with Crippen molar-refractivity contribution < 1.29 is 14.4 Å². The molecule has 6 nitrogen and oxygen atoms in total. The van der Waals surface area contributed by atoms with Crippen LogP contribution in [0.5, 0.6) is 0 Å². The molecule has 0 saturated carbocycles. The van der Waals surface area contributed by atoms with Crippen LogP contribution in [0.15, 0.2) is 65.2 Å². The van der Waals surface area contributed by atoms with Crippen LogP contribution in [-0.2, 0) is 0 Å². The highest BCUT2D eigenvalue weighted by Crippen LogP contribution is 2.15. The van der Waals surface area contributed by atoms with Crippen molar-refractivity contribution in [3.63, 3.8) is 0 Å². The Morgan fingerprint density at radius 3 is 2.43 bits per heavy atom. The SMILES string of the molecule is O=C(NCC(O)c1ccccc1)c1nc(-c2ccccc2)no1. The van der Waals surface area contributed by atoms with Gasteiger partial charge in [0.05, 0.1) is 6.10 Å². The Labute approximate surface area is 132 Å². The molecule has 0 saturated heterocycles. The number of hydrogen-bond donors (Lipinski definition) is 2. The van der Waals surface area contributed by atoms with Gasteiger partial charge in [-0.3, -0.25) is 4.79 Å². The molecular weight excluding hydrogens is 294 g/mol. The smallest absolute Gasteiger partial charge is 0.316 e. The van der Waals surface area contributed by atoms with E-state index in [1.807, 2.05) is 48.5 Å². The van der Waals surface area contributed by atoms with Crippen LogP contribution in [-0.4, -0.2) is 27.7 Å². The van der Waals surface area contributed by atoms with E-state index in [4.69, 9.17) is 4.52 Å². The third-order valence-electron chi connectivity index (χ3n) is 3.29. The maximum absolute atomic E-state index is 12.0. The summed E-state index contributed by atoms with van der Waals surface area (Å²) in [5.41, 5.74) is 1.49. The average molecular weight is 309 g/mol. The number of rotatable bonds is 5. The molecule has 0 fully saturated rings. The zero-order chi connectivity index (χ0) is 16.1. The lowest BCUT2D eigenvalue weighted by Gasteiger charge is -2.10. The van der Waals surface area contributed by atoms with Gasteiger partial charge in [0.2, 0.25) is 5.82 Å². The molecular formula is C17H15N3O3. The van der Waals surface area contributed by atoms with Crippen LogP contribution in [0.3, 0.4) is 0 Å². The first kappa shape index (κ1) is 14.9. The third-order valence-corrected chi connectivity index (χ3v) is 3.29. The normalized spacial score (nSPS) is 11.9. The Kier molecular flexibility index (Phi) is 4.44. The molecule has 3 rings (SSSR count). The highest BCUT2D eigenvalue weighted by atomic mass is 16.5. The van der Waals surface area contributed by atoms with Crippen molar-refractivity contribution in [1.29, 1.82) is 0 Å². The number of amides is 1. The number of aliphatic hydroxyl groups is 1. The first-order chi connectivity index (χ1) is 11.2. The van der Waals surface area contributed by atoms with E-state index < -0.39 is 12.0 Å². The predicted octanol–water partition coefficient (Wildman–Crippen LogP) is 2.20. The molecule has 1 unspecified atom stereocenters. The Hall–Kier alpha value is -2.99. The van der Waals surface area contributed by atoms with Gasteiger partial charge in [-0.25, -0.2) is 0 Å². The van der Waals surface area contributed by atoms with Gasteiger partial charge in [-0.05, 0) is 5.56 Å². The van der Waals surface area contributed by atoms with Crippen molar-refractivity contribution in [3.8, 4) is 11.4 Å². The number of benzene rings is 2. The van der Waals surface area contributed by atoms with Gasteiger partial charge in [0.15, 0.2) is 0 Å². The molecule has 2 aromatic carbocycles. The van der Waals surface area contributed by atoms with Crippen LogP contribution in [0.1, 0.15) is 22.4 Å². The molecule has 0 spiro atoms. The van der Waals surface area contributed by atoms with E-state index in [9.17, 15) is 9.90 Å². The first-order valence-corrected chi connectivity index (χ1v) is 7.14. The first-order valence-electron chi connectivity index (χ1n) is 7.14. The van der Waals surface area contributed by atoms with E-state index in [-0.39, 0.29) is 12.4 Å². The van der Waals surface area contributed by atoms with Gasteiger partial charge in [-0.1, -0.05) is 65.8 Å². The minimum absolute atomic E-state index is 0.0614. The number of aromatic nitrogens is 2. The fourth-order valence-corrected chi connectivity index (χ4v) is 2.08. The zero-order valence-electron chi connectivity index (χ0n) is 12.2. The lowest BCUT2D eigenvalue weighted by atomic mass is 10.1. The van der Waals surface area contributed by atoms with Crippen molar-refractivity contribution in [1.82, 2.24) is 15.5 Å². The topological polar surface area (TPSA) is 88.2 Å². The van der Waals surface area contributed by atoms with Crippen molar-refractivity contribution in [2.75, 3.05) is 6.54 Å². The van der Waals surface area contributed by atoms with Crippen LogP contribution >= 0.6 is 0 Å². The molecule has 0 radical (unpaired) electrons. The second-order valence-electron chi connectivity index (χ2n) is 4.93. The van der Waals surface area contributed by atoms with Crippen LogP contribution in [0.2, 0.25) is 0 Å². The lowest BCUT2D eigenvalue weighted by molar-refractivity contribution is 0.0873. The maximum atomic E-state index is 12.0. The highest BCUT2D eigenvalue weighted by Gasteiger charge is 2.17. The fourth-order valence-electron chi connectivity index (χ4n) is 2.08.